The van der Waals surface area contributed by atoms with Gasteiger partial charge in [0, 0.05) is 12.0 Å². The normalized spacial score (nSPS) is 12.3. The molecular formula is C15H17N3O3S. The highest BCUT2D eigenvalue weighted by Crippen LogP contribution is 2.24. The minimum absolute atomic E-state index is 0.120. The summed E-state index contributed by atoms with van der Waals surface area (Å²) < 4.78 is 0. The predicted octanol–water partition coefficient (Wildman–Crippen LogP) is 1.90. The van der Waals surface area contributed by atoms with E-state index >= 15 is 0 Å². The van der Waals surface area contributed by atoms with Crippen molar-refractivity contribution < 1.29 is 14.7 Å². The van der Waals surface area contributed by atoms with Gasteiger partial charge in [-0.1, -0.05) is 30.3 Å². The Kier molecular flexibility index (Phi) is 5.35. The molecule has 0 saturated carbocycles. The molecule has 22 heavy (non-hydrogen) atoms. The molecule has 0 radical (unpaired) electrons. The van der Waals surface area contributed by atoms with Gasteiger partial charge in [-0.05, 0) is 25.9 Å². The minimum Gasteiger partial charge on any atom is -0.480 e. The molecule has 2 N–H and O–H groups in total. The predicted molar refractivity (Wildman–Crippen MR) is 84.0 cm³/mol. The van der Waals surface area contributed by atoms with E-state index in [-0.39, 0.29) is 11.5 Å². The summed E-state index contributed by atoms with van der Waals surface area (Å²) in [5.74, 6) is -0.912. The lowest BCUT2D eigenvalue weighted by Crippen LogP contribution is -2.37. The molecule has 7 heteroatoms. The largest absolute Gasteiger partial charge is 0.480 e. The molecule has 0 aliphatic rings. The molecule has 0 unspecified atom stereocenters. The van der Waals surface area contributed by atoms with Crippen molar-refractivity contribution in [3.05, 3.63) is 47.9 Å². The molecule has 0 aliphatic carbocycles. The van der Waals surface area contributed by atoms with Crippen LogP contribution in [0.25, 0.3) is 0 Å². The quantitative estimate of drug-likeness (QED) is 0.791. The molecule has 1 aromatic carbocycles. The van der Waals surface area contributed by atoms with Crippen molar-refractivity contribution in [2.24, 2.45) is 0 Å². The van der Waals surface area contributed by atoms with Crippen LogP contribution >= 0.6 is 11.8 Å². The SMILES string of the molecule is CN(C)[C@@H](Cc1[nH]cnc1SC(=O)c1ccccc1)C(=O)O. The van der Waals surface area contributed by atoms with Crippen molar-refractivity contribution in [2.45, 2.75) is 17.5 Å². The third-order valence-electron chi connectivity index (χ3n) is 3.18. The number of aliphatic carboxylic acids is 1. The molecule has 0 amide bonds. The van der Waals surface area contributed by atoms with Crippen molar-refractivity contribution in [3.63, 3.8) is 0 Å². The lowest BCUT2D eigenvalue weighted by atomic mass is 10.1. The van der Waals surface area contributed by atoms with Gasteiger partial charge in [0.25, 0.3) is 0 Å². The number of carboxylic acid groups (broad SMARTS) is 1. The molecule has 2 rings (SSSR count). The minimum atomic E-state index is -0.912. The van der Waals surface area contributed by atoms with Crippen molar-refractivity contribution in [2.75, 3.05) is 14.1 Å². The smallest absolute Gasteiger partial charge is 0.321 e. The summed E-state index contributed by atoms with van der Waals surface area (Å²) in [7, 11) is 3.41. The lowest BCUT2D eigenvalue weighted by molar-refractivity contribution is -0.142. The number of nitrogens with zero attached hydrogens (tertiary/aromatic N) is 2. The average Bonchev–Trinajstić information content (AvgIpc) is 2.92. The van der Waals surface area contributed by atoms with Gasteiger partial charge in [-0.2, -0.15) is 0 Å². The first kappa shape index (κ1) is 16.3. The Bertz CT molecular complexity index is 655. The van der Waals surface area contributed by atoms with E-state index in [4.69, 9.17) is 0 Å². The van der Waals surface area contributed by atoms with Crippen molar-refractivity contribution in [3.8, 4) is 0 Å². The summed E-state index contributed by atoms with van der Waals surface area (Å²) in [6.45, 7) is 0. The van der Waals surface area contributed by atoms with Crippen LogP contribution in [0.15, 0.2) is 41.7 Å². The summed E-state index contributed by atoms with van der Waals surface area (Å²) in [5.41, 5.74) is 1.24. The number of H-pyrrole nitrogens is 1. The van der Waals surface area contributed by atoms with Gasteiger partial charge in [-0.3, -0.25) is 14.5 Å². The standard InChI is InChI=1S/C15H17N3O3S/c1-18(2)12(14(19)20)8-11-13(17-9-16-11)22-15(21)10-6-4-3-5-7-10/h3-7,9,12H,8H2,1-2H3,(H,16,17)(H,19,20)/t12-/m0/s1. The zero-order valence-electron chi connectivity index (χ0n) is 12.3. The molecule has 2 aromatic rings. The number of thioether (sulfide) groups is 1. The van der Waals surface area contributed by atoms with E-state index in [0.29, 0.717) is 16.3 Å². The second kappa shape index (κ2) is 7.24. The number of carbonyl (C=O) groups is 2. The van der Waals surface area contributed by atoms with Crippen LogP contribution in [0.3, 0.4) is 0 Å². The van der Waals surface area contributed by atoms with E-state index in [2.05, 4.69) is 9.97 Å². The van der Waals surface area contributed by atoms with E-state index < -0.39 is 12.0 Å². The fraction of sp³-hybridized carbons (Fsp3) is 0.267. The number of hydrogen-bond donors (Lipinski definition) is 2. The first-order valence-corrected chi connectivity index (χ1v) is 7.49. The van der Waals surface area contributed by atoms with Gasteiger partial charge < -0.3 is 10.1 Å². The van der Waals surface area contributed by atoms with E-state index in [9.17, 15) is 14.7 Å². The summed E-state index contributed by atoms with van der Waals surface area (Å²) in [6, 6.07) is 8.24. The molecule has 1 heterocycles. The number of aromatic amines is 1. The maximum Gasteiger partial charge on any atom is 0.321 e. The summed E-state index contributed by atoms with van der Waals surface area (Å²) in [4.78, 5) is 32.2. The Morgan fingerprint density at radius 1 is 1.32 bits per heavy atom. The first-order chi connectivity index (χ1) is 10.5. The monoisotopic (exact) mass is 319 g/mol. The number of carbonyl (C=O) groups excluding carboxylic acids is 1. The topological polar surface area (TPSA) is 86.3 Å². The number of rotatable bonds is 6. The van der Waals surface area contributed by atoms with Gasteiger partial charge in [-0.15, -0.1) is 0 Å². The fourth-order valence-electron chi connectivity index (χ4n) is 1.95. The van der Waals surface area contributed by atoms with E-state index in [1.54, 1.807) is 43.3 Å². The highest BCUT2D eigenvalue weighted by molar-refractivity contribution is 8.14. The summed E-state index contributed by atoms with van der Waals surface area (Å²) in [6.07, 6.45) is 1.73. The van der Waals surface area contributed by atoms with Crippen LogP contribution in [0.5, 0.6) is 0 Å². The number of benzene rings is 1. The van der Waals surface area contributed by atoms with Gasteiger partial charge in [0.1, 0.15) is 11.1 Å². The van der Waals surface area contributed by atoms with Crippen LogP contribution in [0.1, 0.15) is 16.1 Å². The fourth-order valence-corrected chi connectivity index (χ4v) is 2.75. The number of imidazole rings is 1. The Hall–Kier alpha value is -2.12. The van der Waals surface area contributed by atoms with E-state index in [1.165, 1.54) is 6.33 Å². The Morgan fingerprint density at radius 2 is 2.00 bits per heavy atom. The van der Waals surface area contributed by atoms with Crippen LogP contribution < -0.4 is 0 Å². The molecular weight excluding hydrogens is 302 g/mol. The maximum absolute atomic E-state index is 12.2. The third kappa shape index (κ3) is 3.96. The molecule has 0 aliphatic heterocycles. The van der Waals surface area contributed by atoms with Gasteiger partial charge in [0.2, 0.25) is 5.12 Å². The van der Waals surface area contributed by atoms with Crippen LogP contribution in [-0.4, -0.2) is 51.2 Å². The van der Waals surface area contributed by atoms with Crippen molar-refractivity contribution in [1.29, 1.82) is 0 Å². The Balaban J connectivity index is 2.13. The molecule has 0 saturated heterocycles. The highest BCUT2D eigenvalue weighted by atomic mass is 32.2. The number of carboxylic acids is 1. The van der Waals surface area contributed by atoms with Crippen molar-refractivity contribution in [1.82, 2.24) is 14.9 Å². The highest BCUT2D eigenvalue weighted by Gasteiger charge is 2.23. The van der Waals surface area contributed by atoms with Crippen molar-refractivity contribution >= 4 is 22.8 Å². The number of nitrogens with one attached hydrogen (secondary N) is 1. The molecule has 6 nitrogen and oxygen atoms in total. The van der Waals surface area contributed by atoms with Crippen LogP contribution in [0, 0.1) is 0 Å². The Morgan fingerprint density at radius 3 is 2.59 bits per heavy atom. The number of aromatic nitrogens is 2. The summed E-state index contributed by atoms with van der Waals surface area (Å²) >= 11 is 1.00. The second-order valence-corrected chi connectivity index (χ2v) is 5.93. The van der Waals surface area contributed by atoms with Crippen LogP contribution in [0.2, 0.25) is 0 Å². The molecule has 0 spiro atoms. The summed E-state index contributed by atoms with van der Waals surface area (Å²) in [5, 5.41) is 9.64. The van der Waals surface area contributed by atoms with E-state index in [0.717, 1.165) is 11.8 Å². The molecule has 116 valence electrons. The molecule has 1 atom stereocenters. The zero-order chi connectivity index (χ0) is 16.1. The molecule has 0 bridgehead atoms. The zero-order valence-corrected chi connectivity index (χ0v) is 13.1. The van der Waals surface area contributed by atoms with Crippen LogP contribution in [-0.2, 0) is 11.2 Å². The number of likely N-dealkylation sites (N-methyl/N-ethyl adjacent to an activating group) is 1. The average molecular weight is 319 g/mol. The van der Waals surface area contributed by atoms with Gasteiger partial charge >= 0.3 is 5.97 Å². The van der Waals surface area contributed by atoms with Gasteiger partial charge in [-0.25, -0.2) is 4.98 Å². The van der Waals surface area contributed by atoms with E-state index in [1.807, 2.05) is 6.07 Å². The van der Waals surface area contributed by atoms with Gasteiger partial charge in [0.05, 0.1) is 12.0 Å². The van der Waals surface area contributed by atoms with Gasteiger partial charge in [0.15, 0.2) is 0 Å². The molecule has 1 aromatic heterocycles. The molecule has 0 fully saturated rings. The van der Waals surface area contributed by atoms with Crippen LogP contribution in [0.4, 0.5) is 0 Å². The lowest BCUT2D eigenvalue weighted by Gasteiger charge is -2.19. The third-order valence-corrected chi connectivity index (χ3v) is 4.15. The first-order valence-electron chi connectivity index (χ1n) is 6.67. The number of hydrogen-bond acceptors (Lipinski definition) is 5. The second-order valence-electron chi connectivity index (χ2n) is 4.96. The Labute approximate surface area is 132 Å². The maximum atomic E-state index is 12.2.